The second-order valence-corrected chi connectivity index (χ2v) is 8.74. The number of rotatable bonds is 5. The summed E-state index contributed by atoms with van der Waals surface area (Å²) >= 11 is 3.11. The zero-order valence-corrected chi connectivity index (χ0v) is 18.8. The van der Waals surface area contributed by atoms with Gasteiger partial charge in [0.1, 0.15) is 12.4 Å². The maximum absolute atomic E-state index is 12.3. The molecular formula is C24H16INO3S. The van der Waals surface area contributed by atoms with E-state index in [1.807, 2.05) is 36.4 Å². The van der Waals surface area contributed by atoms with E-state index in [1.165, 1.54) is 10.8 Å². The van der Waals surface area contributed by atoms with E-state index < -0.39 is 0 Å². The van der Waals surface area contributed by atoms with Crippen molar-refractivity contribution < 1.29 is 14.3 Å². The van der Waals surface area contributed by atoms with Crippen LogP contribution in [-0.2, 0) is 11.4 Å². The van der Waals surface area contributed by atoms with E-state index in [0.717, 1.165) is 37.1 Å². The summed E-state index contributed by atoms with van der Waals surface area (Å²) in [7, 11) is 0. The maximum atomic E-state index is 12.3. The minimum absolute atomic E-state index is 0.0134. The van der Waals surface area contributed by atoms with Gasteiger partial charge in [-0.05, 0) is 74.5 Å². The lowest BCUT2D eigenvalue weighted by atomic mass is 10.1. The van der Waals surface area contributed by atoms with Gasteiger partial charge in [0.2, 0.25) is 0 Å². The van der Waals surface area contributed by atoms with Crippen LogP contribution in [-0.4, -0.2) is 22.6 Å². The van der Waals surface area contributed by atoms with Gasteiger partial charge in [0.25, 0.3) is 11.1 Å². The number of amides is 2. The van der Waals surface area contributed by atoms with Crippen molar-refractivity contribution in [3.63, 3.8) is 0 Å². The molecule has 1 fully saturated rings. The lowest BCUT2D eigenvalue weighted by Crippen LogP contribution is -2.28. The van der Waals surface area contributed by atoms with Crippen LogP contribution in [0.4, 0.5) is 4.79 Å². The number of hydrogen-bond acceptors (Lipinski definition) is 4. The molecular weight excluding hydrogens is 509 g/mol. The molecule has 6 heteroatoms. The van der Waals surface area contributed by atoms with Crippen LogP contribution in [0.25, 0.3) is 16.8 Å². The SMILES string of the molecule is C#CCN1C(=O)S/C(=C/c2ccc(OCc3cccc4ccccc34)c(I)c2)C1=O. The number of carbonyl (C=O) groups is 2. The van der Waals surface area contributed by atoms with Gasteiger partial charge >= 0.3 is 0 Å². The average molecular weight is 525 g/mol. The Balaban J connectivity index is 1.51. The summed E-state index contributed by atoms with van der Waals surface area (Å²) in [4.78, 5) is 25.7. The molecule has 30 heavy (non-hydrogen) atoms. The normalized spacial score (nSPS) is 15.1. The van der Waals surface area contributed by atoms with Crippen LogP contribution in [0.15, 0.2) is 65.6 Å². The van der Waals surface area contributed by atoms with Gasteiger partial charge in [-0.25, -0.2) is 0 Å². The lowest BCUT2D eigenvalue weighted by molar-refractivity contribution is -0.122. The number of halogens is 1. The third-order valence-electron chi connectivity index (χ3n) is 4.64. The molecule has 1 aliphatic rings. The van der Waals surface area contributed by atoms with Crippen molar-refractivity contribution in [1.29, 1.82) is 0 Å². The molecule has 3 aromatic carbocycles. The zero-order valence-electron chi connectivity index (χ0n) is 15.8. The number of terminal acetylenes is 1. The highest BCUT2D eigenvalue weighted by molar-refractivity contribution is 14.1. The van der Waals surface area contributed by atoms with E-state index in [4.69, 9.17) is 11.2 Å². The Kier molecular flexibility index (Phi) is 6.11. The molecule has 0 aromatic heterocycles. The van der Waals surface area contributed by atoms with E-state index in [0.29, 0.717) is 11.5 Å². The minimum Gasteiger partial charge on any atom is -0.488 e. The first-order valence-electron chi connectivity index (χ1n) is 9.14. The third-order valence-corrected chi connectivity index (χ3v) is 6.39. The molecule has 0 saturated carbocycles. The Morgan fingerprint density at radius 1 is 1.10 bits per heavy atom. The minimum atomic E-state index is -0.353. The average Bonchev–Trinajstić information content (AvgIpc) is 3.01. The zero-order chi connectivity index (χ0) is 21.1. The van der Waals surface area contributed by atoms with Crippen molar-refractivity contribution in [1.82, 2.24) is 4.90 Å². The van der Waals surface area contributed by atoms with Crippen LogP contribution in [0, 0.1) is 15.9 Å². The predicted molar refractivity (Wildman–Crippen MR) is 129 cm³/mol. The lowest BCUT2D eigenvalue weighted by Gasteiger charge is -2.11. The second-order valence-electron chi connectivity index (χ2n) is 6.59. The van der Waals surface area contributed by atoms with Crippen LogP contribution in [0.3, 0.4) is 0 Å². The van der Waals surface area contributed by atoms with Crippen LogP contribution in [0.5, 0.6) is 5.75 Å². The summed E-state index contributed by atoms with van der Waals surface area (Å²) < 4.78 is 6.98. The van der Waals surface area contributed by atoms with Crippen molar-refractivity contribution in [2.45, 2.75) is 6.61 Å². The number of hydrogen-bond donors (Lipinski definition) is 0. The van der Waals surface area contributed by atoms with Gasteiger partial charge in [-0.15, -0.1) is 6.42 Å². The highest BCUT2D eigenvalue weighted by Crippen LogP contribution is 2.33. The summed E-state index contributed by atoms with van der Waals surface area (Å²) in [6.07, 6.45) is 6.94. The van der Waals surface area contributed by atoms with E-state index in [9.17, 15) is 9.59 Å². The van der Waals surface area contributed by atoms with Crippen molar-refractivity contribution in [3.05, 3.63) is 80.3 Å². The monoisotopic (exact) mass is 525 g/mol. The Labute approximate surface area is 192 Å². The number of carbonyl (C=O) groups excluding carboxylic acids is 2. The molecule has 148 valence electrons. The van der Waals surface area contributed by atoms with E-state index in [2.05, 4.69) is 52.8 Å². The fraction of sp³-hybridized carbons (Fsp3) is 0.0833. The topological polar surface area (TPSA) is 46.6 Å². The number of fused-ring (bicyclic) bond motifs is 1. The summed E-state index contributed by atoms with van der Waals surface area (Å²) in [6.45, 7) is 0.447. The molecule has 0 N–H and O–H groups in total. The van der Waals surface area contributed by atoms with E-state index in [-0.39, 0.29) is 17.7 Å². The Morgan fingerprint density at radius 3 is 2.70 bits per heavy atom. The first-order valence-corrected chi connectivity index (χ1v) is 11.0. The van der Waals surface area contributed by atoms with Crippen LogP contribution >= 0.6 is 34.4 Å². The summed E-state index contributed by atoms with van der Waals surface area (Å²) in [5.74, 6) is 2.75. The summed E-state index contributed by atoms with van der Waals surface area (Å²) in [5.41, 5.74) is 1.94. The molecule has 4 nitrogen and oxygen atoms in total. The van der Waals surface area contributed by atoms with Gasteiger partial charge in [0.15, 0.2) is 0 Å². The maximum Gasteiger partial charge on any atom is 0.294 e. The fourth-order valence-corrected chi connectivity index (χ4v) is 4.71. The smallest absolute Gasteiger partial charge is 0.294 e. The second kappa shape index (κ2) is 8.94. The van der Waals surface area contributed by atoms with Gasteiger partial charge in [-0.3, -0.25) is 14.5 Å². The molecule has 0 radical (unpaired) electrons. The van der Waals surface area contributed by atoms with Crippen LogP contribution < -0.4 is 4.74 Å². The Bertz CT molecular complexity index is 1220. The molecule has 0 unspecified atom stereocenters. The van der Waals surface area contributed by atoms with Gasteiger partial charge in [-0.1, -0.05) is 54.5 Å². The Morgan fingerprint density at radius 2 is 1.90 bits per heavy atom. The van der Waals surface area contributed by atoms with Crippen molar-refractivity contribution in [2.75, 3.05) is 6.54 Å². The van der Waals surface area contributed by atoms with Gasteiger partial charge in [0.05, 0.1) is 15.0 Å². The van der Waals surface area contributed by atoms with Crippen molar-refractivity contribution >= 4 is 62.3 Å². The van der Waals surface area contributed by atoms with Gasteiger partial charge in [0, 0.05) is 0 Å². The summed E-state index contributed by atoms with van der Waals surface area (Å²) in [6, 6.07) is 20.1. The first kappa shape index (κ1) is 20.5. The van der Waals surface area contributed by atoms with Crippen molar-refractivity contribution in [2.24, 2.45) is 0 Å². The molecule has 1 saturated heterocycles. The molecule has 2 amide bonds. The Hall–Kier alpha value is -2.76. The molecule has 0 atom stereocenters. The molecule has 0 spiro atoms. The molecule has 0 bridgehead atoms. The molecule has 1 aliphatic heterocycles. The standard InChI is InChI=1S/C24H16INO3S/c1-2-12-26-23(27)22(30-24(26)28)14-16-10-11-21(20(25)13-16)29-15-18-8-5-7-17-6-3-4-9-19(17)18/h1,3-11,13-14H,12,15H2/b22-14+. The quantitative estimate of drug-likeness (QED) is 0.244. The molecule has 4 rings (SSSR count). The summed E-state index contributed by atoms with van der Waals surface area (Å²) in [5, 5.41) is 2.02. The molecule has 0 aliphatic carbocycles. The van der Waals surface area contributed by atoms with E-state index >= 15 is 0 Å². The highest BCUT2D eigenvalue weighted by atomic mass is 127. The van der Waals surface area contributed by atoms with Crippen LogP contribution in [0.1, 0.15) is 11.1 Å². The van der Waals surface area contributed by atoms with Crippen molar-refractivity contribution in [3.8, 4) is 18.1 Å². The molecule has 1 heterocycles. The van der Waals surface area contributed by atoms with Gasteiger partial charge < -0.3 is 4.74 Å². The number of nitrogens with zero attached hydrogens (tertiary/aromatic N) is 1. The number of thioether (sulfide) groups is 1. The highest BCUT2D eigenvalue weighted by Gasteiger charge is 2.34. The van der Waals surface area contributed by atoms with Gasteiger partial charge in [-0.2, -0.15) is 0 Å². The number of benzene rings is 3. The predicted octanol–water partition coefficient (Wildman–Crippen LogP) is 5.69. The molecule has 3 aromatic rings. The fourth-order valence-electron chi connectivity index (χ4n) is 3.18. The largest absolute Gasteiger partial charge is 0.488 e. The first-order chi connectivity index (χ1) is 14.6. The number of ether oxygens (including phenoxy) is 1. The number of imide groups is 1. The third kappa shape index (κ3) is 4.23. The van der Waals surface area contributed by atoms with E-state index in [1.54, 1.807) is 6.08 Å². The van der Waals surface area contributed by atoms with Crippen LogP contribution in [0.2, 0.25) is 0 Å².